The minimum absolute atomic E-state index is 0.0189. The van der Waals surface area contributed by atoms with Gasteiger partial charge in [0.25, 0.3) is 0 Å². The number of aromatic hydroxyl groups is 2. The zero-order valence-electron chi connectivity index (χ0n) is 16.0. The summed E-state index contributed by atoms with van der Waals surface area (Å²) >= 11 is 1.83. The summed E-state index contributed by atoms with van der Waals surface area (Å²) in [5.41, 5.74) is 8.40. The second kappa shape index (κ2) is 10.1. The van der Waals surface area contributed by atoms with Crippen molar-refractivity contribution in [2.75, 3.05) is 13.1 Å². The molecule has 148 valence electrons. The minimum atomic E-state index is -0.0189. The Kier molecular flexibility index (Phi) is 7.56. The smallest absolute Gasteiger partial charge is 0.160 e. The Balaban J connectivity index is 1.33. The van der Waals surface area contributed by atoms with Crippen molar-refractivity contribution in [2.45, 2.75) is 63.3 Å². The quantitative estimate of drug-likeness (QED) is 0.361. The number of nitrogens with two attached hydrogens (primary N) is 1. The normalized spacial score (nSPS) is 19.1. The van der Waals surface area contributed by atoms with E-state index in [-0.39, 0.29) is 17.5 Å². The number of benzene rings is 1. The summed E-state index contributed by atoms with van der Waals surface area (Å²) in [7, 11) is 0. The molecule has 27 heavy (non-hydrogen) atoms. The Morgan fingerprint density at radius 3 is 2.74 bits per heavy atom. The summed E-state index contributed by atoms with van der Waals surface area (Å²) in [6.07, 6.45) is 8.65. The van der Waals surface area contributed by atoms with E-state index in [1.54, 1.807) is 6.07 Å². The van der Waals surface area contributed by atoms with Crippen molar-refractivity contribution >= 4 is 11.3 Å². The number of fused-ring (bicyclic) bond motifs is 1. The third kappa shape index (κ3) is 5.47. The van der Waals surface area contributed by atoms with Crippen molar-refractivity contribution in [3.05, 3.63) is 45.6 Å². The fraction of sp³-hybridized carbons (Fsp3) is 0.545. The maximum absolute atomic E-state index is 10.1. The molecule has 1 aromatic heterocycles. The number of hydrogen-bond donors (Lipinski definition) is 4. The van der Waals surface area contributed by atoms with Crippen LogP contribution in [-0.2, 0) is 12.8 Å². The van der Waals surface area contributed by atoms with E-state index in [4.69, 9.17) is 5.73 Å². The van der Waals surface area contributed by atoms with Crippen LogP contribution in [0.4, 0.5) is 0 Å². The maximum atomic E-state index is 10.1. The number of thiophene rings is 1. The van der Waals surface area contributed by atoms with E-state index in [0.29, 0.717) is 5.92 Å². The highest BCUT2D eigenvalue weighted by molar-refractivity contribution is 7.09. The molecule has 3 rings (SSSR count). The van der Waals surface area contributed by atoms with E-state index in [9.17, 15) is 10.2 Å². The molecule has 5 heteroatoms. The highest BCUT2D eigenvalue weighted by Gasteiger charge is 2.29. The summed E-state index contributed by atoms with van der Waals surface area (Å²) in [6, 6.07) is 8.01. The molecule has 0 saturated carbocycles. The van der Waals surface area contributed by atoms with Gasteiger partial charge in [0.05, 0.1) is 0 Å². The standard InChI is InChI=1S/C22H32N2O2S/c23-20-10-8-19-17(9-11-21(25)22(19)26)18(20)7-3-1-2-4-13-24-14-12-16-6-5-15-27-16/h5-6,9,11,15,18,20,24-26H,1-4,7-8,10,12-14,23H2. The molecule has 0 amide bonds. The van der Waals surface area contributed by atoms with Gasteiger partial charge in [0.15, 0.2) is 11.5 Å². The average Bonchev–Trinajstić information content (AvgIpc) is 3.18. The molecule has 0 fully saturated rings. The molecule has 1 heterocycles. The second-order valence-electron chi connectivity index (χ2n) is 7.59. The van der Waals surface area contributed by atoms with Crippen molar-refractivity contribution in [1.29, 1.82) is 0 Å². The Labute approximate surface area is 166 Å². The van der Waals surface area contributed by atoms with Gasteiger partial charge in [-0.1, -0.05) is 31.4 Å². The lowest BCUT2D eigenvalue weighted by Crippen LogP contribution is -2.33. The highest BCUT2D eigenvalue weighted by Crippen LogP contribution is 2.42. The minimum Gasteiger partial charge on any atom is -0.504 e. The molecule has 4 nitrogen and oxygen atoms in total. The first kappa shape index (κ1) is 20.2. The summed E-state index contributed by atoms with van der Waals surface area (Å²) in [6.45, 7) is 2.15. The number of nitrogens with one attached hydrogen (secondary N) is 1. The molecule has 1 aliphatic carbocycles. The predicted octanol–water partition coefficient (Wildman–Crippen LogP) is 4.30. The van der Waals surface area contributed by atoms with Crippen LogP contribution in [0.25, 0.3) is 0 Å². The van der Waals surface area contributed by atoms with Crippen LogP contribution in [0.15, 0.2) is 29.6 Å². The summed E-state index contributed by atoms with van der Waals surface area (Å²) in [5.74, 6) is 0.330. The van der Waals surface area contributed by atoms with Crippen molar-refractivity contribution in [3.63, 3.8) is 0 Å². The van der Waals surface area contributed by atoms with E-state index in [1.165, 1.54) is 24.1 Å². The van der Waals surface area contributed by atoms with Gasteiger partial charge in [-0.15, -0.1) is 11.3 Å². The van der Waals surface area contributed by atoms with Crippen LogP contribution in [0, 0.1) is 0 Å². The molecule has 0 bridgehead atoms. The van der Waals surface area contributed by atoms with Gasteiger partial charge in [-0.2, -0.15) is 0 Å². The van der Waals surface area contributed by atoms with E-state index in [1.807, 2.05) is 17.4 Å². The van der Waals surface area contributed by atoms with Crippen LogP contribution >= 0.6 is 11.3 Å². The zero-order chi connectivity index (χ0) is 19.1. The number of hydrogen-bond acceptors (Lipinski definition) is 5. The average molecular weight is 389 g/mol. The van der Waals surface area contributed by atoms with E-state index >= 15 is 0 Å². The molecule has 0 saturated heterocycles. The predicted molar refractivity (Wildman–Crippen MR) is 113 cm³/mol. The van der Waals surface area contributed by atoms with Crippen molar-refractivity contribution in [1.82, 2.24) is 5.32 Å². The Hall–Kier alpha value is -1.56. The van der Waals surface area contributed by atoms with Crippen LogP contribution in [0.2, 0.25) is 0 Å². The van der Waals surface area contributed by atoms with Crippen LogP contribution in [0.1, 0.15) is 60.4 Å². The first-order valence-corrected chi connectivity index (χ1v) is 11.1. The van der Waals surface area contributed by atoms with Crippen molar-refractivity contribution < 1.29 is 10.2 Å². The van der Waals surface area contributed by atoms with Crippen LogP contribution in [0.5, 0.6) is 11.5 Å². The first-order chi connectivity index (χ1) is 13.2. The lowest BCUT2D eigenvalue weighted by Gasteiger charge is -2.32. The summed E-state index contributed by atoms with van der Waals surface area (Å²) in [5, 5.41) is 25.5. The van der Waals surface area contributed by atoms with E-state index in [0.717, 1.165) is 56.3 Å². The van der Waals surface area contributed by atoms with Crippen LogP contribution < -0.4 is 11.1 Å². The lowest BCUT2D eigenvalue weighted by molar-refractivity contribution is 0.380. The zero-order valence-corrected chi connectivity index (χ0v) is 16.8. The summed E-state index contributed by atoms with van der Waals surface area (Å²) < 4.78 is 0. The number of phenolic OH excluding ortho intramolecular Hbond substituents is 2. The monoisotopic (exact) mass is 388 g/mol. The molecular weight excluding hydrogens is 356 g/mol. The van der Waals surface area contributed by atoms with Crippen LogP contribution in [0.3, 0.4) is 0 Å². The Bertz CT molecular complexity index is 703. The van der Waals surface area contributed by atoms with E-state index < -0.39 is 0 Å². The molecule has 1 aromatic carbocycles. The van der Waals surface area contributed by atoms with Crippen molar-refractivity contribution in [3.8, 4) is 11.5 Å². The Morgan fingerprint density at radius 2 is 1.93 bits per heavy atom. The molecule has 2 aromatic rings. The highest BCUT2D eigenvalue weighted by atomic mass is 32.1. The second-order valence-corrected chi connectivity index (χ2v) is 8.62. The van der Waals surface area contributed by atoms with Gasteiger partial charge in [0, 0.05) is 16.5 Å². The third-order valence-corrected chi connectivity index (χ3v) is 6.62. The molecule has 0 aliphatic heterocycles. The molecule has 0 radical (unpaired) electrons. The molecule has 1 aliphatic rings. The molecule has 2 atom stereocenters. The number of rotatable bonds is 10. The fourth-order valence-electron chi connectivity index (χ4n) is 4.12. The van der Waals surface area contributed by atoms with E-state index in [2.05, 4.69) is 22.8 Å². The van der Waals surface area contributed by atoms with Gasteiger partial charge in [0.2, 0.25) is 0 Å². The molecule has 2 unspecified atom stereocenters. The van der Waals surface area contributed by atoms with Gasteiger partial charge in [-0.05, 0) is 74.2 Å². The topological polar surface area (TPSA) is 78.5 Å². The van der Waals surface area contributed by atoms with Crippen molar-refractivity contribution in [2.24, 2.45) is 5.73 Å². The van der Waals surface area contributed by atoms with Gasteiger partial charge < -0.3 is 21.3 Å². The van der Waals surface area contributed by atoms with Gasteiger partial charge in [-0.25, -0.2) is 0 Å². The largest absolute Gasteiger partial charge is 0.504 e. The summed E-state index contributed by atoms with van der Waals surface area (Å²) in [4.78, 5) is 1.45. The maximum Gasteiger partial charge on any atom is 0.160 e. The molecule has 5 N–H and O–H groups in total. The van der Waals surface area contributed by atoms with Gasteiger partial charge >= 0.3 is 0 Å². The first-order valence-electron chi connectivity index (χ1n) is 10.2. The molecular formula is C22H32N2O2S. The lowest BCUT2D eigenvalue weighted by atomic mass is 9.76. The molecule has 0 spiro atoms. The fourth-order valence-corrected chi connectivity index (χ4v) is 4.83. The number of phenols is 2. The number of unbranched alkanes of at least 4 members (excludes halogenated alkanes) is 3. The van der Waals surface area contributed by atoms with Gasteiger partial charge in [0.1, 0.15) is 0 Å². The van der Waals surface area contributed by atoms with Crippen LogP contribution in [-0.4, -0.2) is 29.3 Å². The Morgan fingerprint density at radius 1 is 1.07 bits per heavy atom. The third-order valence-electron chi connectivity index (χ3n) is 5.69. The SMILES string of the molecule is NC1CCc2c(ccc(O)c2O)C1CCCCCCNCCc1cccs1. The van der Waals surface area contributed by atoms with Gasteiger partial charge in [-0.3, -0.25) is 0 Å².